The van der Waals surface area contributed by atoms with Crippen molar-refractivity contribution in [3.05, 3.63) is 30.2 Å². The molecule has 0 bridgehead atoms. The molecule has 2 heterocycles. The Bertz CT molecular complexity index is 655. The molecule has 0 atom stereocenters. The molecule has 2 aromatic rings. The van der Waals surface area contributed by atoms with Crippen molar-refractivity contribution < 1.29 is 14.4 Å². The van der Waals surface area contributed by atoms with Gasteiger partial charge in [-0.15, -0.1) is 0 Å². The highest BCUT2D eigenvalue weighted by atomic mass is 16.5. The van der Waals surface area contributed by atoms with Gasteiger partial charge in [-0.25, -0.2) is 0 Å². The van der Waals surface area contributed by atoms with E-state index in [0.717, 1.165) is 43.7 Å². The molecule has 6 nitrogen and oxygen atoms in total. The lowest BCUT2D eigenvalue weighted by Gasteiger charge is -2.39. The fraction of sp³-hybridized carbons (Fsp3) is 0.579. The summed E-state index contributed by atoms with van der Waals surface area (Å²) in [6.07, 6.45) is 3.06. The van der Waals surface area contributed by atoms with Gasteiger partial charge in [0.2, 0.25) is 11.7 Å². The molecule has 0 amide bonds. The summed E-state index contributed by atoms with van der Waals surface area (Å²) in [5, 5.41) is 13.7. The maximum absolute atomic E-state index is 9.63. The first-order chi connectivity index (χ1) is 12.2. The van der Waals surface area contributed by atoms with Crippen LogP contribution in [0.4, 0.5) is 0 Å². The number of benzene rings is 1. The van der Waals surface area contributed by atoms with Crippen LogP contribution in [0.2, 0.25) is 0 Å². The van der Waals surface area contributed by atoms with E-state index >= 15 is 0 Å². The Morgan fingerprint density at radius 2 is 1.92 bits per heavy atom. The van der Waals surface area contributed by atoms with Gasteiger partial charge in [0.15, 0.2) is 0 Å². The zero-order valence-electron chi connectivity index (χ0n) is 15.1. The largest absolute Gasteiger partial charge is 0.494 e. The van der Waals surface area contributed by atoms with Crippen molar-refractivity contribution in [2.75, 3.05) is 26.3 Å². The third-order valence-corrected chi connectivity index (χ3v) is 5.25. The molecule has 1 N–H and O–H groups in total. The molecule has 0 saturated carbocycles. The van der Waals surface area contributed by atoms with E-state index in [1.54, 1.807) is 0 Å². The van der Waals surface area contributed by atoms with E-state index in [2.05, 4.69) is 22.0 Å². The van der Waals surface area contributed by atoms with Gasteiger partial charge in [-0.2, -0.15) is 4.98 Å². The molecule has 6 heteroatoms. The van der Waals surface area contributed by atoms with E-state index in [9.17, 15) is 5.11 Å². The van der Waals surface area contributed by atoms with E-state index in [1.807, 2.05) is 31.2 Å². The molecule has 1 aromatic heterocycles. The maximum atomic E-state index is 9.63. The minimum absolute atomic E-state index is 0.0960. The number of likely N-dealkylation sites (tertiary alicyclic amines) is 1. The molecule has 1 aromatic carbocycles. The number of ether oxygens (including phenoxy) is 1. The predicted molar refractivity (Wildman–Crippen MR) is 95.2 cm³/mol. The summed E-state index contributed by atoms with van der Waals surface area (Å²) >= 11 is 0. The highest BCUT2D eigenvalue weighted by molar-refractivity contribution is 5.55. The third-order valence-electron chi connectivity index (χ3n) is 5.25. The summed E-state index contributed by atoms with van der Waals surface area (Å²) in [5.41, 5.74) is 1.01. The van der Waals surface area contributed by atoms with Gasteiger partial charge in [0.1, 0.15) is 5.75 Å². The quantitative estimate of drug-likeness (QED) is 0.831. The topological polar surface area (TPSA) is 71.6 Å². The first-order valence-corrected chi connectivity index (χ1v) is 9.07. The van der Waals surface area contributed by atoms with Crippen molar-refractivity contribution in [2.45, 2.75) is 39.7 Å². The Morgan fingerprint density at radius 3 is 2.52 bits per heavy atom. The number of hydrogen-bond acceptors (Lipinski definition) is 6. The van der Waals surface area contributed by atoms with Gasteiger partial charge in [-0.05, 0) is 69.0 Å². The average Bonchev–Trinajstić information content (AvgIpc) is 3.12. The zero-order valence-corrected chi connectivity index (χ0v) is 15.1. The lowest BCUT2D eigenvalue weighted by Crippen LogP contribution is -2.41. The first kappa shape index (κ1) is 17.9. The van der Waals surface area contributed by atoms with Crippen molar-refractivity contribution >= 4 is 0 Å². The Hall–Kier alpha value is -1.92. The van der Waals surface area contributed by atoms with Gasteiger partial charge in [0.25, 0.3) is 0 Å². The molecule has 1 saturated heterocycles. The number of piperidine rings is 1. The summed E-state index contributed by atoms with van der Waals surface area (Å²) in [4.78, 5) is 6.84. The van der Waals surface area contributed by atoms with Crippen LogP contribution in [0.5, 0.6) is 5.75 Å². The number of nitrogens with zero attached hydrogens (tertiary/aromatic N) is 3. The highest BCUT2D eigenvalue weighted by Crippen LogP contribution is 2.34. The SMILES string of the molecule is CCOc1ccc(-c2noc(CN3CCC(CC)(CO)CC3)n2)cc1. The number of hydrogen-bond donors (Lipinski definition) is 1. The Morgan fingerprint density at radius 1 is 1.20 bits per heavy atom. The number of rotatable bonds is 7. The van der Waals surface area contributed by atoms with Crippen LogP contribution in [0.15, 0.2) is 28.8 Å². The maximum Gasteiger partial charge on any atom is 0.241 e. The van der Waals surface area contributed by atoms with Crippen LogP contribution in [-0.4, -0.2) is 46.5 Å². The molecule has 3 rings (SSSR count). The average molecular weight is 345 g/mol. The summed E-state index contributed by atoms with van der Waals surface area (Å²) in [6.45, 7) is 7.62. The highest BCUT2D eigenvalue weighted by Gasteiger charge is 2.32. The number of aromatic nitrogens is 2. The van der Waals surface area contributed by atoms with Gasteiger partial charge in [0.05, 0.1) is 13.2 Å². The molecule has 0 radical (unpaired) electrons. The summed E-state index contributed by atoms with van der Waals surface area (Å²) in [6, 6.07) is 7.71. The molecule has 1 aliphatic rings. The number of aliphatic hydroxyl groups excluding tert-OH is 1. The van der Waals surface area contributed by atoms with E-state index in [4.69, 9.17) is 9.26 Å². The first-order valence-electron chi connectivity index (χ1n) is 9.07. The minimum Gasteiger partial charge on any atom is -0.494 e. The van der Waals surface area contributed by atoms with Crippen molar-refractivity contribution in [1.82, 2.24) is 15.0 Å². The normalized spacial score (nSPS) is 17.6. The molecular weight excluding hydrogens is 318 g/mol. The van der Waals surface area contributed by atoms with Crippen molar-refractivity contribution in [1.29, 1.82) is 0 Å². The zero-order chi connectivity index (χ0) is 17.7. The molecule has 136 valence electrons. The Balaban J connectivity index is 1.59. The van der Waals surface area contributed by atoms with Crippen LogP contribution in [0.3, 0.4) is 0 Å². The standard InChI is InChI=1S/C19H27N3O3/c1-3-19(14-23)9-11-22(12-10-19)13-17-20-18(21-25-17)15-5-7-16(8-6-15)24-4-2/h5-8,23H,3-4,9-14H2,1-2H3. The van der Waals surface area contributed by atoms with Crippen LogP contribution < -0.4 is 4.74 Å². The van der Waals surface area contributed by atoms with E-state index in [-0.39, 0.29) is 12.0 Å². The van der Waals surface area contributed by atoms with Crippen molar-refractivity contribution in [2.24, 2.45) is 5.41 Å². The molecule has 0 unspecified atom stereocenters. The smallest absolute Gasteiger partial charge is 0.241 e. The van der Waals surface area contributed by atoms with E-state index in [1.165, 1.54) is 0 Å². The third kappa shape index (κ3) is 4.19. The van der Waals surface area contributed by atoms with Gasteiger partial charge < -0.3 is 14.4 Å². The fourth-order valence-electron chi connectivity index (χ4n) is 3.30. The molecular formula is C19H27N3O3. The summed E-state index contributed by atoms with van der Waals surface area (Å²) in [5.74, 6) is 2.08. The summed E-state index contributed by atoms with van der Waals surface area (Å²) in [7, 11) is 0. The van der Waals surface area contributed by atoms with Gasteiger partial charge in [0, 0.05) is 12.2 Å². The second-order valence-electron chi connectivity index (χ2n) is 6.76. The fourth-order valence-corrected chi connectivity index (χ4v) is 3.30. The van der Waals surface area contributed by atoms with E-state index in [0.29, 0.717) is 24.9 Å². The molecule has 1 fully saturated rings. The van der Waals surface area contributed by atoms with Crippen LogP contribution in [0, 0.1) is 5.41 Å². The summed E-state index contributed by atoms with van der Waals surface area (Å²) < 4.78 is 10.9. The lowest BCUT2D eigenvalue weighted by atomic mass is 9.77. The van der Waals surface area contributed by atoms with Gasteiger partial charge >= 0.3 is 0 Å². The second kappa shape index (κ2) is 7.97. The second-order valence-corrected chi connectivity index (χ2v) is 6.76. The lowest BCUT2D eigenvalue weighted by molar-refractivity contribution is 0.0348. The van der Waals surface area contributed by atoms with Crippen LogP contribution >= 0.6 is 0 Å². The molecule has 0 aliphatic carbocycles. The molecule has 1 aliphatic heterocycles. The Kier molecular flexibility index (Phi) is 5.71. The van der Waals surface area contributed by atoms with Crippen molar-refractivity contribution in [3.8, 4) is 17.1 Å². The van der Waals surface area contributed by atoms with Gasteiger partial charge in [-0.3, -0.25) is 4.90 Å². The van der Waals surface area contributed by atoms with E-state index < -0.39 is 0 Å². The van der Waals surface area contributed by atoms with Gasteiger partial charge in [-0.1, -0.05) is 12.1 Å². The number of aliphatic hydroxyl groups is 1. The molecule has 25 heavy (non-hydrogen) atoms. The van der Waals surface area contributed by atoms with Crippen LogP contribution in [-0.2, 0) is 6.54 Å². The minimum atomic E-state index is 0.0960. The van der Waals surface area contributed by atoms with Crippen molar-refractivity contribution in [3.63, 3.8) is 0 Å². The predicted octanol–water partition coefficient (Wildman–Crippen LogP) is 3.12. The monoisotopic (exact) mass is 345 g/mol. The molecule has 0 spiro atoms. The van der Waals surface area contributed by atoms with Crippen LogP contribution in [0.25, 0.3) is 11.4 Å². The Labute approximate surface area is 148 Å². The van der Waals surface area contributed by atoms with Crippen LogP contribution in [0.1, 0.15) is 39.0 Å².